The molecule has 2 nitrogen and oxygen atoms in total. The Kier molecular flexibility index (Phi) is 4.30. The zero-order valence-corrected chi connectivity index (χ0v) is 12.5. The summed E-state index contributed by atoms with van der Waals surface area (Å²) in [5.41, 5.74) is 0.118. The lowest BCUT2D eigenvalue weighted by Gasteiger charge is -2.38. The van der Waals surface area contributed by atoms with E-state index in [0.29, 0.717) is 0 Å². The number of carbonyl (C=O) groups is 1. The number of halogens is 3. The van der Waals surface area contributed by atoms with Gasteiger partial charge in [-0.15, -0.1) is 0 Å². The molecule has 0 aromatic heterocycles. The first-order valence-corrected chi connectivity index (χ1v) is 7.13. The van der Waals surface area contributed by atoms with E-state index in [1.807, 2.05) is 0 Å². The molecule has 0 unspecified atom stereocenters. The molecule has 1 aromatic carbocycles. The summed E-state index contributed by atoms with van der Waals surface area (Å²) < 4.78 is 39.4. The quantitative estimate of drug-likeness (QED) is 0.751. The van der Waals surface area contributed by atoms with Crippen molar-refractivity contribution in [3.05, 3.63) is 35.1 Å². The first-order valence-electron chi connectivity index (χ1n) is 7.13. The Morgan fingerprint density at radius 2 is 1.62 bits per heavy atom. The molecule has 0 saturated heterocycles. The van der Waals surface area contributed by atoms with Gasteiger partial charge in [0.1, 0.15) is 0 Å². The Morgan fingerprint density at radius 1 is 1.14 bits per heavy atom. The van der Waals surface area contributed by atoms with Crippen LogP contribution in [0.1, 0.15) is 49.9 Å². The highest BCUT2D eigenvalue weighted by Crippen LogP contribution is 2.36. The first-order chi connectivity index (χ1) is 9.71. The third-order valence-corrected chi connectivity index (χ3v) is 4.41. The first kappa shape index (κ1) is 15.9. The summed E-state index contributed by atoms with van der Waals surface area (Å²) >= 11 is 0. The molecule has 0 spiro atoms. The number of benzene rings is 1. The number of hydrogen-bond acceptors (Lipinski definition) is 1. The molecule has 2 rings (SSSR count). The maximum atomic E-state index is 13.2. The number of hydrogen-bond donors (Lipinski definition) is 0. The van der Waals surface area contributed by atoms with Crippen LogP contribution in [0.5, 0.6) is 0 Å². The van der Waals surface area contributed by atoms with Crippen molar-refractivity contribution in [3.63, 3.8) is 0 Å². The molecule has 0 radical (unpaired) electrons. The lowest BCUT2D eigenvalue weighted by Crippen LogP contribution is -2.41. The van der Waals surface area contributed by atoms with Gasteiger partial charge in [0.25, 0.3) is 5.91 Å². The van der Waals surface area contributed by atoms with Gasteiger partial charge in [-0.1, -0.05) is 13.8 Å². The average Bonchev–Trinajstić information content (AvgIpc) is 2.42. The van der Waals surface area contributed by atoms with Gasteiger partial charge >= 0.3 is 0 Å². The smallest absolute Gasteiger partial charge is 0.254 e. The number of carbonyl (C=O) groups excluding carboxylic acids is 1. The van der Waals surface area contributed by atoms with Gasteiger partial charge in [0.15, 0.2) is 17.5 Å². The molecule has 1 fully saturated rings. The zero-order valence-electron chi connectivity index (χ0n) is 12.5. The fourth-order valence-corrected chi connectivity index (χ4v) is 2.82. The fourth-order valence-electron chi connectivity index (χ4n) is 2.82. The van der Waals surface area contributed by atoms with E-state index in [1.54, 1.807) is 7.05 Å². The Bertz CT molecular complexity index is 523. The highest BCUT2D eigenvalue weighted by atomic mass is 19.2. The van der Waals surface area contributed by atoms with E-state index >= 15 is 0 Å². The number of rotatable bonds is 2. The molecule has 1 aromatic rings. The van der Waals surface area contributed by atoms with Gasteiger partial charge in [0.05, 0.1) is 0 Å². The van der Waals surface area contributed by atoms with Crippen LogP contribution in [0.2, 0.25) is 0 Å². The summed E-state index contributed by atoms with van der Waals surface area (Å²) in [7, 11) is 1.63. The van der Waals surface area contributed by atoms with E-state index in [4.69, 9.17) is 0 Å². The van der Waals surface area contributed by atoms with E-state index in [0.717, 1.165) is 37.8 Å². The third kappa shape index (κ3) is 3.39. The summed E-state index contributed by atoms with van der Waals surface area (Å²) in [5, 5.41) is 0. The number of amides is 1. The lowest BCUT2D eigenvalue weighted by atomic mass is 9.75. The van der Waals surface area contributed by atoms with Gasteiger partial charge in [-0.2, -0.15) is 0 Å². The molecule has 21 heavy (non-hydrogen) atoms. The molecule has 5 heteroatoms. The predicted octanol–water partition coefficient (Wildman–Crippen LogP) is 4.14. The predicted molar refractivity (Wildman–Crippen MR) is 74.4 cm³/mol. The van der Waals surface area contributed by atoms with E-state index in [1.165, 1.54) is 4.90 Å². The summed E-state index contributed by atoms with van der Waals surface area (Å²) in [6.45, 7) is 4.38. The lowest BCUT2D eigenvalue weighted by molar-refractivity contribution is 0.0634. The maximum Gasteiger partial charge on any atom is 0.254 e. The van der Waals surface area contributed by atoms with E-state index in [2.05, 4.69) is 13.8 Å². The van der Waals surface area contributed by atoms with Gasteiger partial charge in [0.2, 0.25) is 0 Å². The molecular formula is C16H20F3NO. The molecule has 1 amide bonds. The monoisotopic (exact) mass is 299 g/mol. The Hall–Kier alpha value is -1.52. The molecule has 0 heterocycles. The normalized spacial score (nSPS) is 18.6. The Morgan fingerprint density at radius 3 is 2.10 bits per heavy atom. The van der Waals surface area contributed by atoms with Crippen molar-refractivity contribution < 1.29 is 18.0 Å². The summed E-state index contributed by atoms with van der Waals surface area (Å²) in [5.74, 6) is -4.70. The standard InChI is InChI=1S/C16H20F3NO/c1-16(2)6-4-11(5-7-16)20(3)15(21)10-8-12(17)14(19)13(18)9-10/h8-9,11H,4-7H2,1-3H3. The second-order valence-electron chi connectivity index (χ2n) is 6.57. The van der Waals surface area contributed by atoms with Crippen molar-refractivity contribution in [3.8, 4) is 0 Å². The van der Waals surface area contributed by atoms with Crippen molar-refractivity contribution >= 4 is 5.91 Å². The van der Waals surface area contributed by atoms with Gasteiger partial charge in [-0.25, -0.2) is 13.2 Å². The Balaban J connectivity index is 2.13. The van der Waals surface area contributed by atoms with Crippen molar-refractivity contribution in [2.45, 2.75) is 45.6 Å². The van der Waals surface area contributed by atoms with Crippen molar-refractivity contribution in [2.75, 3.05) is 7.05 Å². The van der Waals surface area contributed by atoms with Crippen LogP contribution < -0.4 is 0 Å². The summed E-state index contributed by atoms with van der Waals surface area (Å²) in [4.78, 5) is 13.8. The van der Waals surface area contributed by atoms with Crippen LogP contribution in [-0.4, -0.2) is 23.9 Å². The van der Waals surface area contributed by atoms with Gasteiger partial charge in [0, 0.05) is 18.7 Å². The second kappa shape index (κ2) is 5.70. The molecule has 0 N–H and O–H groups in total. The maximum absolute atomic E-state index is 13.2. The van der Waals surface area contributed by atoms with Crippen LogP contribution in [0.4, 0.5) is 13.2 Å². The molecular weight excluding hydrogens is 279 g/mol. The minimum Gasteiger partial charge on any atom is -0.339 e. The molecule has 0 aliphatic heterocycles. The van der Waals surface area contributed by atoms with Crippen LogP contribution in [0.3, 0.4) is 0 Å². The highest BCUT2D eigenvalue weighted by Gasteiger charge is 2.31. The van der Waals surface area contributed by atoms with Crippen LogP contribution in [0.25, 0.3) is 0 Å². The summed E-state index contributed by atoms with van der Waals surface area (Å²) in [6.07, 6.45) is 3.73. The van der Waals surface area contributed by atoms with Crippen molar-refractivity contribution in [1.82, 2.24) is 4.90 Å². The highest BCUT2D eigenvalue weighted by molar-refractivity contribution is 5.94. The van der Waals surface area contributed by atoms with Crippen LogP contribution in [-0.2, 0) is 0 Å². The van der Waals surface area contributed by atoms with Crippen LogP contribution >= 0.6 is 0 Å². The van der Waals surface area contributed by atoms with Crippen LogP contribution in [0.15, 0.2) is 12.1 Å². The van der Waals surface area contributed by atoms with Gasteiger partial charge < -0.3 is 4.90 Å². The van der Waals surface area contributed by atoms with E-state index < -0.39 is 23.4 Å². The number of nitrogens with zero attached hydrogens (tertiary/aromatic N) is 1. The molecule has 0 bridgehead atoms. The largest absolute Gasteiger partial charge is 0.339 e. The van der Waals surface area contributed by atoms with Gasteiger partial charge in [-0.05, 0) is 43.2 Å². The second-order valence-corrected chi connectivity index (χ2v) is 6.57. The Labute approximate surface area is 122 Å². The van der Waals surface area contributed by atoms with E-state index in [9.17, 15) is 18.0 Å². The van der Waals surface area contributed by atoms with Crippen molar-refractivity contribution in [2.24, 2.45) is 5.41 Å². The molecule has 1 aliphatic rings. The topological polar surface area (TPSA) is 20.3 Å². The molecule has 1 aliphatic carbocycles. The minimum atomic E-state index is -1.55. The fraction of sp³-hybridized carbons (Fsp3) is 0.562. The average molecular weight is 299 g/mol. The van der Waals surface area contributed by atoms with Crippen molar-refractivity contribution in [1.29, 1.82) is 0 Å². The third-order valence-electron chi connectivity index (χ3n) is 4.41. The van der Waals surface area contributed by atoms with Crippen LogP contribution in [0, 0.1) is 22.9 Å². The molecule has 0 atom stereocenters. The molecule has 116 valence electrons. The van der Waals surface area contributed by atoms with Gasteiger partial charge in [-0.3, -0.25) is 4.79 Å². The summed E-state index contributed by atoms with van der Waals surface area (Å²) in [6, 6.07) is 1.57. The molecule has 1 saturated carbocycles. The SMILES string of the molecule is CN(C(=O)c1cc(F)c(F)c(F)c1)C1CCC(C)(C)CC1. The zero-order chi connectivity index (χ0) is 15.8. The van der Waals surface area contributed by atoms with E-state index in [-0.39, 0.29) is 17.0 Å². The minimum absolute atomic E-state index is 0.0571.